The molecule has 0 radical (unpaired) electrons. The summed E-state index contributed by atoms with van der Waals surface area (Å²) in [6, 6.07) is 6.56. The first-order valence-corrected chi connectivity index (χ1v) is 4.74. The summed E-state index contributed by atoms with van der Waals surface area (Å²) in [5.74, 6) is -6.22. The first kappa shape index (κ1) is 23.3. The number of hydrogen-bond acceptors (Lipinski definition) is 7. The van der Waals surface area contributed by atoms with Gasteiger partial charge in [-0.25, -0.2) is 0 Å². The van der Waals surface area contributed by atoms with Crippen molar-refractivity contribution in [1.82, 2.24) is 0 Å². The fourth-order valence-corrected chi connectivity index (χ4v) is 1.31. The minimum atomic E-state index is -3.60. The molecule has 0 bridgehead atoms. The van der Waals surface area contributed by atoms with Crippen LogP contribution in [-0.4, -0.2) is 39.6 Å². The van der Waals surface area contributed by atoms with Crippen LogP contribution < -0.4 is 113 Å². The second-order valence-electron chi connectivity index (χ2n) is 3.47. The van der Waals surface area contributed by atoms with Crippen molar-refractivity contribution >= 4 is 17.7 Å². The smallest absolute Gasteiger partial charge is 0.547 e. The first-order chi connectivity index (χ1) is 8.31. The van der Waals surface area contributed by atoms with Gasteiger partial charge in [-0.15, -0.1) is 0 Å². The number of Topliss-reactive ketones (excluding diaryl/α,β-unsaturated/α-hetero) is 1. The predicted molar refractivity (Wildman–Crippen MR) is 51.7 cm³/mol. The predicted octanol–water partition coefficient (Wildman–Crippen LogP) is -9.53. The van der Waals surface area contributed by atoms with Crippen LogP contribution in [0.5, 0.6) is 0 Å². The van der Waals surface area contributed by atoms with Gasteiger partial charge in [-0.05, 0) is 0 Å². The zero-order valence-electron chi connectivity index (χ0n) is 10.9. The van der Waals surface area contributed by atoms with E-state index in [1.165, 1.54) is 18.2 Å². The number of rotatable bonds is 5. The summed E-state index contributed by atoms with van der Waals surface area (Å²) in [4.78, 5) is 32.9. The van der Waals surface area contributed by atoms with Crippen LogP contribution in [0.1, 0.15) is 10.4 Å². The SMILES string of the molecule is O=C([O-])[C@@H](O)[C@](O)(C(=O)[O-])C(=O)c1ccccc1.[K+].[K+]. The van der Waals surface area contributed by atoms with Gasteiger partial charge in [0.15, 0.2) is 5.60 Å². The van der Waals surface area contributed by atoms with Crippen molar-refractivity contribution in [3.63, 3.8) is 0 Å². The molecule has 0 heterocycles. The Morgan fingerprint density at radius 1 is 1.05 bits per heavy atom. The number of aliphatic carboxylic acids is 2. The summed E-state index contributed by atoms with van der Waals surface area (Å²) in [6.07, 6.45) is -2.93. The van der Waals surface area contributed by atoms with Crippen LogP contribution in [0, 0.1) is 0 Å². The van der Waals surface area contributed by atoms with Crippen molar-refractivity contribution in [3.8, 4) is 0 Å². The maximum atomic E-state index is 11.7. The van der Waals surface area contributed by atoms with E-state index < -0.39 is 29.4 Å². The molecule has 2 N–H and O–H groups in total. The topological polar surface area (TPSA) is 138 Å². The second kappa shape index (κ2) is 9.92. The van der Waals surface area contributed by atoms with Crippen molar-refractivity contribution in [1.29, 1.82) is 0 Å². The molecule has 0 aromatic heterocycles. The van der Waals surface area contributed by atoms with E-state index in [9.17, 15) is 29.7 Å². The molecule has 20 heavy (non-hydrogen) atoms. The van der Waals surface area contributed by atoms with Gasteiger partial charge in [-0.1, -0.05) is 30.3 Å². The molecule has 1 aromatic carbocycles. The number of carboxylic acid groups (broad SMARTS) is 2. The van der Waals surface area contributed by atoms with Gasteiger partial charge < -0.3 is 30.0 Å². The van der Waals surface area contributed by atoms with Crippen LogP contribution in [0.3, 0.4) is 0 Å². The number of carboxylic acids is 2. The van der Waals surface area contributed by atoms with E-state index in [0.717, 1.165) is 12.1 Å². The molecule has 96 valence electrons. The zero-order valence-corrected chi connectivity index (χ0v) is 17.1. The summed E-state index contributed by atoms with van der Waals surface area (Å²) in [6.45, 7) is 0. The van der Waals surface area contributed by atoms with E-state index in [-0.39, 0.29) is 108 Å². The average Bonchev–Trinajstić information content (AvgIpc) is 2.36. The summed E-state index contributed by atoms with van der Waals surface area (Å²) < 4.78 is 0. The Morgan fingerprint density at radius 2 is 1.50 bits per heavy atom. The quantitative estimate of drug-likeness (QED) is 0.310. The summed E-state index contributed by atoms with van der Waals surface area (Å²) in [5.41, 5.74) is -3.88. The molecule has 0 aliphatic rings. The van der Waals surface area contributed by atoms with Gasteiger partial charge in [-0.2, -0.15) is 0 Å². The summed E-state index contributed by atoms with van der Waals surface area (Å²) in [7, 11) is 0. The normalized spacial score (nSPS) is 13.9. The summed E-state index contributed by atoms with van der Waals surface area (Å²) >= 11 is 0. The molecule has 0 aliphatic heterocycles. The third kappa shape index (κ3) is 5.04. The van der Waals surface area contributed by atoms with Crippen molar-refractivity contribution in [2.45, 2.75) is 11.7 Å². The standard InChI is InChI=1S/C11H10O7.2K/c12-7(6-4-2-1-3-5-6)11(18,10(16)17)8(13)9(14)15;;/h1-5,8,13,18H,(H,14,15)(H,16,17);;/q;2*+1/p-2/t8-,11+;;/m1../s1. The van der Waals surface area contributed by atoms with Gasteiger partial charge in [0.05, 0.1) is 11.9 Å². The van der Waals surface area contributed by atoms with Crippen molar-refractivity contribution in [3.05, 3.63) is 35.9 Å². The van der Waals surface area contributed by atoms with Crippen molar-refractivity contribution in [2.75, 3.05) is 0 Å². The monoisotopic (exact) mass is 330 g/mol. The van der Waals surface area contributed by atoms with E-state index in [1.54, 1.807) is 0 Å². The molecule has 0 saturated carbocycles. The Balaban J connectivity index is 0. The Kier molecular flexibility index (Phi) is 11.6. The van der Waals surface area contributed by atoms with Gasteiger partial charge >= 0.3 is 103 Å². The minimum Gasteiger partial charge on any atom is -0.547 e. The molecule has 1 rings (SSSR count). The second-order valence-corrected chi connectivity index (χ2v) is 3.47. The molecule has 0 aliphatic carbocycles. The van der Waals surface area contributed by atoms with E-state index in [1.807, 2.05) is 0 Å². The van der Waals surface area contributed by atoms with Gasteiger partial charge in [-0.3, -0.25) is 4.79 Å². The van der Waals surface area contributed by atoms with Crippen LogP contribution in [0.4, 0.5) is 0 Å². The Bertz CT molecular complexity index is 491. The molecule has 0 fully saturated rings. The van der Waals surface area contributed by atoms with Gasteiger partial charge in [0.2, 0.25) is 5.78 Å². The molecule has 0 unspecified atom stereocenters. The summed E-state index contributed by atoms with van der Waals surface area (Å²) in [5, 5.41) is 39.8. The van der Waals surface area contributed by atoms with E-state index in [0.29, 0.717) is 0 Å². The number of carbonyl (C=O) groups is 3. The fourth-order valence-electron chi connectivity index (χ4n) is 1.31. The maximum Gasteiger partial charge on any atom is 1.00 e. The number of aliphatic hydroxyl groups excluding tert-OH is 1. The molecule has 7 nitrogen and oxygen atoms in total. The third-order valence-electron chi connectivity index (χ3n) is 2.31. The maximum absolute atomic E-state index is 11.7. The van der Waals surface area contributed by atoms with Crippen LogP contribution in [0.15, 0.2) is 30.3 Å². The Hall–Kier alpha value is 1.02. The molecular formula is C11H8K2O7. The van der Waals surface area contributed by atoms with Crippen molar-refractivity contribution in [2.24, 2.45) is 0 Å². The van der Waals surface area contributed by atoms with E-state index >= 15 is 0 Å². The van der Waals surface area contributed by atoms with Gasteiger partial charge in [0, 0.05) is 5.56 Å². The van der Waals surface area contributed by atoms with Crippen LogP contribution in [0.2, 0.25) is 0 Å². The molecular weight excluding hydrogens is 322 g/mol. The molecule has 9 heteroatoms. The number of carbonyl (C=O) groups excluding carboxylic acids is 3. The van der Waals surface area contributed by atoms with Crippen LogP contribution >= 0.6 is 0 Å². The molecule has 0 saturated heterocycles. The van der Waals surface area contributed by atoms with E-state index in [2.05, 4.69) is 0 Å². The Morgan fingerprint density at radius 3 is 1.85 bits per heavy atom. The Labute approximate surface area is 199 Å². The number of hydrogen-bond donors (Lipinski definition) is 2. The number of aliphatic hydroxyl groups is 2. The van der Waals surface area contributed by atoms with Gasteiger partial charge in [0.1, 0.15) is 6.10 Å². The van der Waals surface area contributed by atoms with Crippen LogP contribution in [0.25, 0.3) is 0 Å². The van der Waals surface area contributed by atoms with Crippen molar-refractivity contribution < 1.29 is 138 Å². The zero-order chi connectivity index (χ0) is 13.9. The average molecular weight is 330 g/mol. The fraction of sp³-hybridized carbons (Fsp3) is 0.182. The number of ketones is 1. The molecule has 0 spiro atoms. The largest absolute Gasteiger partial charge is 1.00 e. The van der Waals surface area contributed by atoms with Gasteiger partial charge in [0.25, 0.3) is 0 Å². The molecule has 2 atom stereocenters. The van der Waals surface area contributed by atoms with Crippen LogP contribution in [-0.2, 0) is 9.59 Å². The molecule has 0 amide bonds. The third-order valence-corrected chi connectivity index (χ3v) is 2.31. The van der Waals surface area contributed by atoms with E-state index in [4.69, 9.17) is 5.11 Å². The number of benzene rings is 1. The molecule has 1 aromatic rings. The first-order valence-electron chi connectivity index (χ1n) is 4.74. The minimum absolute atomic E-state index is 0.